The molecule has 0 saturated carbocycles. The highest BCUT2D eigenvalue weighted by Crippen LogP contribution is 2.41. The van der Waals surface area contributed by atoms with E-state index < -0.39 is 97.4 Å². The Kier molecular flexibility index (Phi) is 14.3. The number of alkyl halides is 6. The lowest BCUT2D eigenvalue weighted by atomic mass is 9.92. The number of rotatable bonds is 14. The second-order valence-corrected chi connectivity index (χ2v) is 14.8. The molecular formula is C30H26F6N8O12S2. The molecule has 0 aliphatic carbocycles. The maximum Gasteiger partial charge on any atom is 0.511 e. The molecule has 28 heteroatoms. The Balaban J connectivity index is 0.000000348. The molecule has 6 N–H and O–H groups in total. The first kappa shape index (κ1) is 46.2. The van der Waals surface area contributed by atoms with Crippen molar-refractivity contribution in [3.05, 3.63) is 160 Å². The highest BCUT2D eigenvalue weighted by molar-refractivity contribution is 7.90. The average Bonchev–Trinajstić information content (AvgIpc) is 3.14. The van der Waals surface area contributed by atoms with Crippen LogP contribution in [-0.2, 0) is 20.0 Å². The largest absolute Gasteiger partial charge is 0.511 e. The zero-order valence-corrected chi connectivity index (χ0v) is 30.1. The molecule has 0 radical (unpaired) electrons. The van der Waals surface area contributed by atoms with E-state index in [4.69, 9.17) is 11.5 Å². The SMILES string of the molecule is N[C@H](c1ccccc1[N+](=O)[O-])[C@H](N)c1ccccc1[N+](=O)[O-].O=[N+]([O-])c1ccccc1[C@@H](NS(=O)(=O)C(F)(F)F)[C@H](NS(=O)(=O)C(F)(F)F)c1ccccc1[N+](=O)[O-]. The van der Waals surface area contributed by atoms with Gasteiger partial charge in [-0.3, -0.25) is 40.5 Å². The molecule has 4 atom stereocenters. The van der Waals surface area contributed by atoms with Gasteiger partial charge in [-0.2, -0.15) is 35.8 Å². The van der Waals surface area contributed by atoms with Crippen molar-refractivity contribution in [2.75, 3.05) is 0 Å². The monoisotopic (exact) mass is 868 g/mol. The van der Waals surface area contributed by atoms with E-state index in [0.717, 1.165) is 33.7 Å². The summed E-state index contributed by atoms with van der Waals surface area (Å²) >= 11 is 0. The third-order valence-corrected chi connectivity index (χ3v) is 10.2. The quantitative estimate of drug-likeness (QED) is 0.0704. The number of nitrogens with one attached hydrogen (secondary N) is 2. The van der Waals surface area contributed by atoms with Crippen molar-refractivity contribution in [2.24, 2.45) is 11.5 Å². The van der Waals surface area contributed by atoms with Crippen LogP contribution in [0.2, 0.25) is 0 Å². The van der Waals surface area contributed by atoms with Crippen LogP contribution in [0, 0.1) is 40.5 Å². The molecule has 4 rings (SSSR count). The minimum atomic E-state index is -6.52. The number of nitrogens with zero attached hydrogens (tertiary/aromatic N) is 4. The van der Waals surface area contributed by atoms with Crippen LogP contribution in [0.15, 0.2) is 97.1 Å². The Hall–Kier alpha value is -6.20. The van der Waals surface area contributed by atoms with Crippen molar-refractivity contribution in [2.45, 2.75) is 35.2 Å². The molecular weight excluding hydrogens is 842 g/mol. The number of nitro benzene ring substituents is 4. The van der Waals surface area contributed by atoms with Crippen LogP contribution in [0.5, 0.6) is 0 Å². The number of hydrogen-bond donors (Lipinski definition) is 4. The molecule has 0 saturated heterocycles. The van der Waals surface area contributed by atoms with Gasteiger partial charge in [0.2, 0.25) is 0 Å². The first-order chi connectivity index (χ1) is 26.7. The summed E-state index contributed by atoms with van der Waals surface area (Å²) in [6, 6.07) is 10.6. The summed E-state index contributed by atoms with van der Waals surface area (Å²) in [5.41, 5.74) is -4.40. The van der Waals surface area contributed by atoms with Crippen LogP contribution < -0.4 is 20.9 Å². The van der Waals surface area contributed by atoms with Gasteiger partial charge in [0.15, 0.2) is 0 Å². The highest BCUT2D eigenvalue weighted by Gasteiger charge is 2.52. The number of halogens is 6. The molecule has 0 aliphatic rings. The summed E-state index contributed by atoms with van der Waals surface area (Å²) in [6.45, 7) is 0. The normalized spacial score (nSPS) is 14.2. The predicted molar refractivity (Wildman–Crippen MR) is 188 cm³/mol. The highest BCUT2D eigenvalue weighted by atomic mass is 32.2. The van der Waals surface area contributed by atoms with Crippen LogP contribution in [0.4, 0.5) is 49.1 Å². The maximum atomic E-state index is 13.2. The van der Waals surface area contributed by atoms with Crippen LogP contribution in [0.1, 0.15) is 46.4 Å². The van der Waals surface area contributed by atoms with E-state index in [1.54, 1.807) is 12.1 Å². The first-order valence-corrected chi connectivity index (χ1v) is 18.3. The second-order valence-electron chi connectivity index (χ2n) is 11.4. The summed E-state index contributed by atoms with van der Waals surface area (Å²) in [7, 11) is -13.0. The Morgan fingerprint density at radius 1 is 0.448 bits per heavy atom. The predicted octanol–water partition coefficient (Wildman–Crippen LogP) is 5.37. The van der Waals surface area contributed by atoms with Gasteiger partial charge in [-0.05, 0) is 0 Å². The molecule has 0 heterocycles. The lowest BCUT2D eigenvalue weighted by Gasteiger charge is -2.29. The summed E-state index contributed by atoms with van der Waals surface area (Å²) in [4.78, 5) is 41.4. The lowest BCUT2D eigenvalue weighted by Crippen LogP contribution is -2.47. The zero-order valence-electron chi connectivity index (χ0n) is 28.5. The summed E-state index contributed by atoms with van der Waals surface area (Å²) < 4.78 is 128. The van der Waals surface area contributed by atoms with Crippen LogP contribution in [0.3, 0.4) is 0 Å². The molecule has 0 unspecified atom stereocenters. The van der Waals surface area contributed by atoms with E-state index in [9.17, 15) is 83.6 Å². The van der Waals surface area contributed by atoms with Crippen molar-refractivity contribution in [3.8, 4) is 0 Å². The van der Waals surface area contributed by atoms with Gasteiger partial charge in [0.25, 0.3) is 22.7 Å². The minimum absolute atomic E-state index is 0.163. The van der Waals surface area contributed by atoms with Crippen molar-refractivity contribution in [1.29, 1.82) is 0 Å². The number of benzene rings is 4. The smallest absolute Gasteiger partial charge is 0.322 e. The standard InChI is InChI=1S/C16H12F6N4O8S2.C14H14N4O4/c17-15(18,19)35(31,32)23-13(9-5-1-3-7-11(9)25(27)28)14(24-36(33,34)16(20,21)22)10-6-2-4-8-12(10)26(29)30;15-13(9-5-1-3-7-11(9)17(19)20)14(16)10-6-2-4-8-12(10)18(21)22/h1-8,13-14,23-24H;1-8,13-14H,15-16H2/t2*13-,14-/m11/s1. The topological polar surface area (TPSA) is 317 Å². The fourth-order valence-corrected chi connectivity index (χ4v) is 6.64. The van der Waals surface area contributed by atoms with E-state index in [0.29, 0.717) is 24.3 Å². The van der Waals surface area contributed by atoms with E-state index in [2.05, 4.69) is 0 Å². The molecule has 0 amide bonds. The van der Waals surface area contributed by atoms with E-state index in [1.165, 1.54) is 36.4 Å². The van der Waals surface area contributed by atoms with Gasteiger partial charge in [0, 0.05) is 46.5 Å². The molecule has 0 bridgehead atoms. The van der Waals surface area contributed by atoms with E-state index in [1.807, 2.05) is 0 Å². The third kappa shape index (κ3) is 10.6. The molecule has 0 fully saturated rings. The lowest BCUT2D eigenvalue weighted by molar-refractivity contribution is -0.386. The van der Waals surface area contributed by atoms with Crippen molar-refractivity contribution >= 4 is 42.8 Å². The zero-order chi connectivity index (χ0) is 44.0. The van der Waals surface area contributed by atoms with E-state index >= 15 is 0 Å². The fraction of sp³-hybridized carbons (Fsp3) is 0.200. The van der Waals surface area contributed by atoms with Crippen LogP contribution >= 0.6 is 0 Å². The number of nitrogens with two attached hydrogens (primary N) is 2. The van der Waals surface area contributed by atoms with Gasteiger partial charge in [-0.15, -0.1) is 0 Å². The first-order valence-electron chi connectivity index (χ1n) is 15.3. The Morgan fingerprint density at radius 3 is 0.879 bits per heavy atom. The van der Waals surface area contributed by atoms with Gasteiger partial charge in [0.05, 0.1) is 43.9 Å². The Bertz CT molecular complexity index is 2260. The second kappa shape index (κ2) is 17.9. The number of sulfonamides is 2. The number of nitro groups is 4. The van der Waals surface area contributed by atoms with Gasteiger partial charge >= 0.3 is 31.1 Å². The van der Waals surface area contributed by atoms with Crippen molar-refractivity contribution in [1.82, 2.24) is 9.44 Å². The molecule has 58 heavy (non-hydrogen) atoms. The van der Waals surface area contributed by atoms with Crippen molar-refractivity contribution < 1.29 is 62.9 Å². The van der Waals surface area contributed by atoms with Crippen LogP contribution in [-0.4, -0.2) is 47.5 Å². The third-order valence-electron chi connectivity index (χ3n) is 7.82. The summed E-state index contributed by atoms with van der Waals surface area (Å²) in [5, 5.41) is 45.0. The maximum absolute atomic E-state index is 13.2. The molecule has 0 aromatic heterocycles. The molecule has 20 nitrogen and oxygen atoms in total. The molecule has 312 valence electrons. The minimum Gasteiger partial charge on any atom is -0.322 e. The molecule has 0 spiro atoms. The molecule has 4 aromatic carbocycles. The number of hydrogen-bond acceptors (Lipinski definition) is 14. The average molecular weight is 869 g/mol. The fourth-order valence-electron chi connectivity index (χ4n) is 5.18. The van der Waals surface area contributed by atoms with Gasteiger partial charge < -0.3 is 11.5 Å². The molecule has 0 aliphatic heterocycles. The van der Waals surface area contributed by atoms with Gasteiger partial charge in [-0.25, -0.2) is 16.8 Å². The van der Waals surface area contributed by atoms with Crippen LogP contribution in [0.25, 0.3) is 0 Å². The number of para-hydroxylation sites is 4. The van der Waals surface area contributed by atoms with Gasteiger partial charge in [0.1, 0.15) is 0 Å². The Labute approximate surface area is 321 Å². The summed E-state index contributed by atoms with van der Waals surface area (Å²) in [5.74, 6) is 0. The van der Waals surface area contributed by atoms with Gasteiger partial charge in [-0.1, -0.05) is 72.8 Å². The summed E-state index contributed by atoms with van der Waals surface area (Å²) in [6.07, 6.45) is 0. The Morgan fingerprint density at radius 2 is 0.655 bits per heavy atom. The van der Waals surface area contributed by atoms with Crippen molar-refractivity contribution in [3.63, 3.8) is 0 Å². The molecule has 4 aromatic rings. The van der Waals surface area contributed by atoms with E-state index in [-0.39, 0.29) is 22.5 Å².